The lowest BCUT2D eigenvalue weighted by Gasteiger charge is -2.12. The van der Waals surface area contributed by atoms with Gasteiger partial charge >= 0.3 is 0 Å². The molecule has 3 N–H and O–H groups in total. The fourth-order valence-corrected chi connectivity index (χ4v) is 3.08. The fourth-order valence-electron chi connectivity index (χ4n) is 2.41. The van der Waals surface area contributed by atoms with Crippen molar-refractivity contribution in [3.63, 3.8) is 0 Å². The van der Waals surface area contributed by atoms with Gasteiger partial charge in [-0.1, -0.05) is 6.07 Å². The normalized spacial score (nSPS) is 10.9. The molecule has 11 nitrogen and oxygen atoms in total. The van der Waals surface area contributed by atoms with Gasteiger partial charge in [-0.3, -0.25) is 19.7 Å². The number of nitrogens with zero attached hydrogens (tertiary/aromatic N) is 1. The van der Waals surface area contributed by atoms with Crippen LogP contribution in [-0.2, 0) is 21.2 Å². The first kappa shape index (κ1) is 22.6. The number of hydrogen-bond acceptors (Lipinski definition) is 8. The molecule has 2 aromatic rings. The molecule has 0 radical (unpaired) electrons. The molecule has 0 unspecified atom stereocenters. The molecule has 0 atom stereocenters. The van der Waals surface area contributed by atoms with Crippen LogP contribution in [0.5, 0.6) is 11.5 Å². The summed E-state index contributed by atoms with van der Waals surface area (Å²) in [6.07, 6.45) is 0.891. The Morgan fingerprint density at radius 3 is 2.43 bits per heavy atom. The Morgan fingerprint density at radius 2 is 1.87 bits per heavy atom. The Bertz CT molecular complexity index is 1100. The van der Waals surface area contributed by atoms with Crippen LogP contribution >= 0.6 is 0 Å². The maximum Gasteiger partial charge on any atom is 0.271 e. The Balaban J connectivity index is 2.20. The van der Waals surface area contributed by atoms with Crippen molar-refractivity contribution in [1.82, 2.24) is 5.32 Å². The van der Waals surface area contributed by atoms with Gasteiger partial charge in [0.05, 0.1) is 16.9 Å². The van der Waals surface area contributed by atoms with Crippen LogP contribution in [0.15, 0.2) is 41.3 Å². The summed E-state index contributed by atoms with van der Waals surface area (Å²) in [6.45, 7) is -0.315. The summed E-state index contributed by atoms with van der Waals surface area (Å²) < 4.78 is 33.9. The molecule has 0 spiro atoms. The number of primary amides is 1. The number of carbonyl (C=O) groups excluding carboxylic acids is 2. The summed E-state index contributed by atoms with van der Waals surface area (Å²) in [4.78, 5) is 33.2. The number of nitrogens with two attached hydrogens (primary N) is 1. The number of benzene rings is 2. The molecule has 0 bridgehead atoms. The van der Waals surface area contributed by atoms with Gasteiger partial charge in [-0.15, -0.1) is 0 Å². The molecule has 2 aromatic carbocycles. The number of nitrogens with one attached hydrogen (secondary N) is 1. The maximum absolute atomic E-state index is 12.4. The van der Waals surface area contributed by atoms with Gasteiger partial charge in [0.15, 0.2) is 27.9 Å². The minimum Gasteiger partial charge on any atom is -0.493 e. The van der Waals surface area contributed by atoms with Crippen LogP contribution in [0.4, 0.5) is 5.69 Å². The molecule has 0 aliphatic rings. The SMILES string of the molecule is COc1cc(CNC(=O)c2cc([N+](=O)[O-])cc(S(C)(=O)=O)c2)ccc1OCC(N)=O. The van der Waals surface area contributed by atoms with Crippen molar-refractivity contribution < 1.29 is 32.4 Å². The van der Waals surface area contributed by atoms with Crippen molar-refractivity contribution in [2.45, 2.75) is 11.4 Å². The number of ether oxygens (including phenoxy) is 2. The Morgan fingerprint density at radius 1 is 1.17 bits per heavy atom. The molecular formula is C18H19N3O8S. The fraction of sp³-hybridized carbons (Fsp3) is 0.222. The number of carbonyl (C=O) groups is 2. The van der Waals surface area contributed by atoms with Gasteiger partial charge in [0.25, 0.3) is 17.5 Å². The summed E-state index contributed by atoms with van der Waals surface area (Å²) in [7, 11) is -2.36. The van der Waals surface area contributed by atoms with Crippen LogP contribution in [0.2, 0.25) is 0 Å². The standard InChI is InChI=1S/C18H19N3O8S/c1-28-16-5-11(3-4-15(16)29-10-17(19)22)9-20-18(23)12-6-13(21(24)25)8-14(7-12)30(2,26)27/h3-8H,9-10H2,1-2H3,(H2,19,22)(H,20,23). The van der Waals surface area contributed by atoms with Gasteiger partial charge in [-0.25, -0.2) is 8.42 Å². The molecule has 0 fully saturated rings. The minimum atomic E-state index is -3.76. The average Bonchev–Trinajstić information content (AvgIpc) is 2.69. The molecule has 30 heavy (non-hydrogen) atoms. The lowest BCUT2D eigenvalue weighted by Crippen LogP contribution is -2.23. The highest BCUT2D eigenvalue weighted by molar-refractivity contribution is 7.90. The Labute approximate surface area is 171 Å². The predicted molar refractivity (Wildman–Crippen MR) is 105 cm³/mol. The zero-order chi connectivity index (χ0) is 22.5. The van der Waals surface area contributed by atoms with Gasteiger partial charge < -0.3 is 20.5 Å². The third-order valence-electron chi connectivity index (χ3n) is 3.84. The number of amides is 2. The van der Waals surface area contributed by atoms with E-state index in [4.69, 9.17) is 15.2 Å². The van der Waals surface area contributed by atoms with E-state index >= 15 is 0 Å². The smallest absolute Gasteiger partial charge is 0.271 e. The zero-order valence-electron chi connectivity index (χ0n) is 16.1. The van der Waals surface area contributed by atoms with Gasteiger partial charge in [0.1, 0.15) is 0 Å². The quantitative estimate of drug-likeness (QED) is 0.429. The summed E-state index contributed by atoms with van der Waals surface area (Å²) in [5, 5.41) is 13.6. The Kier molecular flexibility index (Phi) is 6.95. The molecule has 2 rings (SSSR count). The molecule has 0 saturated carbocycles. The van der Waals surface area contributed by atoms with Crippen LogP contribution in [0.1, 0.15) is 15.9 Å². The number of nitro groups is 1. The first-order chi connectivity index (χ1) is 14.0. The largest absolute Gasteiger partial charge is 0.493 e. The maximum atomic E-state index is 12.4. The van der Waals surface area contributed by atoms with Crippen LogP contribution in [-0.4, -0.2) is 45.1 Å². The van der Waals surface area contributed by atoms with Crippen molar-refractivity contribution in [2.75, 3.05) is 20.0 Å². The highest BCUT2D eigenvalue weighted by atomic mass is 32.2. The van der Waals surface area contributed by atoms with E-state index in [1.807, 2.05) is 0 Å². The molecule has 160 valence electrons. The monoisotopic (exact) mass is 437 g/mol. The number of non-ortho nitro benzene ring substituents is 1. The van der Waals surface area contributed by atoms with E-state index in [1.165, 1.54) is 13.2 Å². The average molecular weight is 437 g/mol. The van der Waals surface area contributed by atoms with E-state index in [-0.39, 0.29) is 29.4 Å². The van der Waals surface area contributed by atoms with Gasteiger partial charge in [0, 0.05) is 30.5 Å². The molecule has 0 aliphatic carbocycles. The minimum absolute atomic E-state index is 0.0161. The number of nitro benzene ring substituents is 1. The third kappa shape index (κ3) is 5.91. The topological polar surface area (TPSA) is 168 Å². The molecular weight excluding hydrogens is 418 g/mol. The van der Waals surface area contributed by atoms with E-state index in [2.05, 4.69) is 5.32 Å². The van der Waals surface area contributed by atoms with Gasteiger partial charge in [-0.05, 0) is 23.8 Å². The van der Waals surface area contributed by atoms with Crippen LogP contribution in [0.25, 0.3) is 0 Å². The van der Waals surface area contributed by atoms with Crippen molar-refractivity contribution in [2.24, 2.45) is 5.73 Å². The molecule has 0 aromatic heterocycles. The first-order valence-electron chi connectivity index (χ1n) is 8.37. The van der Waals surface area contributed by atoms with Crippen LogP contribution < -0.4 is 20.5 Å². The first-order valence-corrected chi connectivity index (χ1v) is 10.3. The zero-order valence-corrected chi connectivity index (χ0v) is 16.9. The second-order valence-electron chi connectivity index (χ2n) is 6.17. The summed E-state index contributed by atoms with van der Waals surface area (Å²) in [5.74, 6) is -0.768. The summed E-state index contributed by atoms with van der Waals surface area (Å²) in [5.41, 5.74) is 4.95. The van der Waals surface area contributed by atoms with Crippen molar-refractivity contribution in [3.05, 3.63) is 57.6 Å². The molecule has 2 amide bonds. The predicted octanol–water partition coefficient (Wildman–Crippen LogP) is 0.801. The van der Waals surface area contributed by atoms with Crippen LogP contribution in [0.3, 0.4) is 0 Å². The second kappa shape index (κ2) is 9.22. The van der Waals surface area contributed by atoms with E-state index in [0.29, 0.717) is 11.3 Å². The van der Waals surface area contributed by atoms with E-state index in [9.17, 15) is 28.1 Å². The van der Waals surface area contributed by atoms with Crippen LogP contribution in [0, 0.1) is 10.1 Å². The third-order valence-corrected chi connectivity index (χ3v) is 4.94. The van der Waals surface area contributed by atoms with Crippen molar-refractivity contribution >= 4 is 27.3 Å². The number of hydrogen-bond donors (Lipinski definition) is 2. The van der Waals surface area contributed by atoms with E-state index < -0.39 is 32.3 Å². The summed E-state index contributed by atoms with van der Waals surface area (Å²) in [6, 6.07) is 7.64. The highest BCUT2D eigenvalue weighted by Gasteiger charge is 2.19. The molecule has 12 heteroatoms. The number of sulfone groups is 1. The lowest BCUT2D eigenvalue weighted by atomic mass is 10.1. The van der Waals surface area contributed by atoms with Crippen molar-refractivity contribution in [1.29, 1.82) is 0 Å². The highest BCUT2D eigenvalue weighted by Crippen LogP contribution is 2.28. The number of methoxy groups -OCH3 is 1. The summed E-state index contributed by atoms with van der Waals surface area (Å²) >= 11 is 0. The van der Waals surface area contributed by atoms with E-state index in [1.54, 1.807) is 12.1 Å². The van der Waals surface area contributed by atoms with Gasteiger partial charge in [0.2, 0.25) is 0 Å². The van der Waals surface area contributed by atoms with Crippen molar-refractivity contribution in [3.8, 4) is 11.5 Å². The lowest BCUT2D eigenvalue weighted by molar-refractivity contribution is -0.385. The van der Waals surface area contributed by atoms with Gasteiger partial charge in [-0.2, -0.15) is 0 Å². The van der Waals surface area contributed by atoms with E-state index in [0.717, 1.165) is 24.5 Å². The second-order valence-corrected chi connectivity index (χ2v) is 8.18. The number of rotatable bonds is 9. The molecule has 0 saturated heterocycles. The molecule has 0 aliphatic heterocycles. The molecule has 0 heterocycles. The Hall–Kier alpha value is -3.67.